The number of aromatic nitrogens is 12. The van der Waals surface area contributed by atoms with E-state index >= 15 is 17.6 Å². The number of nitrogens with one attached hydrogen (secondary N) is 8. The van der Waals surface area contributed by atoms with Gasteiger partial charge in [0.2, 0.25) is 22.7 Å². The van der Waals surface area contributed by atoms with Crippen LogP contribution < -0.4 is 21.3 Å². The van der Waals surface area contributed by atoms with E-state index in [1.165, 1.54) is 57.6 Å². The van der Waals surface area contributed by atoms with Gasteiger partial charge in [-0.1, -0.05) is 119 Å². The van der Waals surface area contributed by atoms with Crippen LogP contribution >= 0.6 is 0 Å². The molecule has 724 valence electrons. The highest BCUT2D eigenvalue weighted by molar-refractivity contribution is 6.04. The minimum Gasteiger partial charge on any atom is -0.466 e. The van der Waals surface area contributed by atoms with Crippen molar-refractivity contribution in [1.82, 2.24) is 60.7 Å². The summed E-state index contributed by atoms with van der Waals surface area (Å²) < 4.78 is 184. The number of rotatable bonds is 16. The van der Waals surface area contributed by atoms with E-state index in [4.69, 9.17) is 30.7 Å². The third kappa shape index (κ3) is 17.0. The third-order valence-corrected chi connectivity index (χ3v) is 31.9. The number of anilines is 4. The Labute approximate surface area is 813 Å². The molecule has 7 aromatic carbocycles. The van der Waals surface area contributed by atoms with Crippen molar-refractivity contribution in [1.29, 1.82) is 0 Å². The van der Waals surface area contributed by atoms with Crippen molar-refractivity contribution < 1.29 is 57.1 Å². The van der Waals surface area contributed by atoms with Gasteiger partial charge < -0.3 is 25.7 Å². The molecule has 0 spiro atoms. The predicted molar refractivity (Wildman–Crippen MR) is 524 cm³/mol. The van der Waals surface area contributed by atoms with Gasteiger partial charge in [0.25, 0.3) is 0 Å². The number of hydrogen-bond donors (Lipinski definition) is 8. The largest absolute Gasteiger partial charge is 0.466 e. The van der Waals surface area contributed by atoms with Gasteiger partial charge in [0.1, 0.15) is 51.1 Å². The maximum atomic E-state index is 16.2. The minimum atomic E-state index is -0.842. The Morgan fingerprint density at radius 2 is 0.510 bits per heavy atom. The van der Waals surface area contributed by atoms with Crippen LogP contribution in [0.15, 0.2) is 162 Å². The topological polar surface area (TPSA) is 245 Å². The molecule has 8 bridgehead atoms. The van der Waals surface area contributed by atoms with Crippen molar-refractivity contribution in [2.75, 3.05) is 21.3 Å². The van der Waals surface area contributed by atoms with Crippen molar-refractivity contribution in [2.24, 2.45) is 71.0 Å². The van der Waals surface area contributed by atoms with Crippen LogP contribution in [0.25, 0.3) is 153 Å². The molecular formula is C110H94F12N20O. The molecule has 4 unspecified atom stereocenters. The van der Waals surface area contributed by atoms with Crippen molar-refractivity contribution in [3.8, 4) is 90.3 Å². The maximum Gasteiger partial charge on any atom is 0.228 e. The Balaban J connectivity index is 0.000000113. The van der Waals surface area contributed by atoms with Crippen molar-refractivity contribution in [3.05, 3.63) is 273 Å². The SMILES string of the molecule is [C-]#[N+]c1c(-c2[nH]nc3c(F)cc(F)cc23)nc(NC2C3CCC(CC3)C2C)c(F)c1-c1ccccc1.[C-]#[N+]c1c(-c2[nH]nc3c(F)cc(F)cc23)nc(NC2C3CCC(CC3)C2C)c(F)c1-c1ccco1.[C-]#[N+]c1c(-c2[nH]nc3c(F)cc(F)cc23)nc(N[C@@H]2C3CCC(CC3)[C@H]2C)c(F)c1-c1ccccc1.[C-]#[N+]c1c(-c2[nH]nc3c(F)cc(F)cc23)nc(N[C@H]2C3CCC(CC3)[C@@H]2C)c(F)c1-c1ccccc1. The lowest BCUT2D eigenvalue weighted by Gasteiger charge is -2.47. The van der Waals surface area contributed by atoms with E-state index in [1.807, 2.05) is 18.2 Å². The predicted octanol–water partition coefficient (Wildman–Crippen LogP) is 29.6. The summed E-state index contributed by atoms with van der Waals surface area (Å²) in [6.45, 7) is 40.3. The van der Waals surface area contributed by atoms with Crippen LogP contribution in [0.3, 0.4) is 0 Å². The van der Waals surface area contributed by atoms with Gasteiger partial charge in [-0.2, -0.15) is 20.4 Å². The molecule has 9 heterocycles. The first-order valence-corrected chi connectivity index (χ1v) is 48.4. The Morgan fingerprint density at radius 3 is 0.727 bits per heavy atom. The fourth-order valence-corrected chi connectivity index (χ4v) is 24.5. The monoisotopic (exact) mass is 1940 g/mol. The average Bonchev–Trinajstić information content (AvgIpc) is 1.65. The lowest BCUT2D eigenvalue weighted by Crippen LogP contribution is -2.47. The first-order valence-electron chi connectivity index (χ1n) is 48.4. The van der Waals surface area contributed by atoms with Gasteiger partial charge in [-0.05, 0) is 227 Å². The smallest absolute Gasteiger partial charge is 0.228 e. The summed E-state index contributed by atoms with van der Waals surface area (Å²) >= 11 is 0. The molecule has 12 fully saturated rings. The zero-order valence-corrected chi connectivity index (χ0v) is 77.9. The highest BCUT2D eigenvalue weighted by Gasteiger charge is 2.47. The van der Waals surface area contributed by atoms with Gasteiger partial charge in [0.15, 0.2) is 69.8 Å². The fourth-order valence-electron chi connectivity index (χ4n) is 24.5. The maximum absolute atomic E-state index is 16.2. The van der Waals surface area contributed by atoms with Crippen molar-refractivity contribution in [2.45, 2.75) is 155 Å². The molecule has 12 aliphatic carbocycles. The van der Waals surface area contributed by atoms with Gasteiger partial charge in [-0.3, -0.25) is 20.4 Å². The first-order chi connectivity index (χ1) is 69.3. The number of aromatic amines is 4. The van der Waals surface area contributed by atoms with E-state index in [9.17, 15) is 35.1 Å². The molecular weight excluding hydrogens is 1850 g/mol. The molecule has 0 radical (unpaired) electrons. The van der Waals surface area contributed by atoms with Crippen molar-refractivity contribution in [3.63, 3.8) is 0 Å². The number of nitrogens with zero attached hydrogens (tertiary/aromatic N) is 12. The highest BCUT2D eigenvalue weighted by Crippen LogP contribution is 2.56. The second-order valence-electron chi connectivity index (χ2n) is 39.3. The summed E-state index contributed by atoms with van der Waals surface area (Å²) in [7, 11) is 0. The van der Waals surface area contributed by atoms with Crippen molar-refractivity contribution >= 4 is 89.6 Å². The average molecular weight is 1940 g/mol. The molecule has 16 aromatic rings. The summed E-state index contributed by atoms with van der Waals surface area (Å²) in [5, 5.41) is 40.9. The van der Waals surface area contributed by atoms with Crippen LogP contribution in [0, 0.1) is 167 Å². The number of pyridine rings is 4. The Hall–Kier alpha value is -15.4. The fraction of sp³-hybridized carbons (Fsp3) is 0.327. The number of H-pyrrole nitrogens is 4. The van der Waals surface area contributed by atoms with Crippen LogP contribution in [-0.2, 0) is 0 Å². The van der Waals surface area contributed by atoms with Crippen LogP contribution in [-0.4, -0.2) is 84.9 Å². The van der Waals surface area contributed by atoms with Gasteiger partial charge in [-0.25, -0.2) is 92.0 Å². The molecule has 8 N–H and O–H groups in total. The van der Waals surface area contributed by atoms with Crippen LogP contribution in [0.4, 0.5) is 98.7 Å². The Bertz CT molecular complexity index is 7230. The van der Waals surface area contributed by atoms with Crippen LogP contribution in [0.1, 0.15) is 130 Å². The highest BCUT2D eigenvalue weighted by atomic mass is 19.2. The molecule has 0 amide bonds. The quantitative estimate of drug-likeness (QED) is 0.0332. The van der Waals surface area contributed by atoms with E-state index in [2.05, 4.69) is 129 Å². The summed E-state index contributed by atoms with van der Waals surface area (Å²) in [5.41, 5.74) is 2.30. The molecule has 0 aliphatic heterocycles. The van der Waals surface area contributed by atoms with Crippen LogP contribution in [0.5, 0.6) is 0 Å². The summed E-state index contributed by atoms with van der Waals surface area (Å²) in [4.78, 5) is 32.7. The van der Waals surface area contributed by atoms with E-state index < -0.39 is 69.8 Å². The normalized spacial score (nSPS) is 23.2. The van der Waals surface area contributed by atoms with Gasteiger partial charge in [0.05, 0.1) is 83.7 Å². The number of furan rings is 1. The number of fused-ring (bicyclic) bond motifs is 16. The minimum absolute atomic E-state index is 0.0113. The van der Waals surface area contributed by atoms with E-state index in [1.54, 1.807) is 84.9 Å². The van der Waals surface area contributed by atoms with E-state index in [-0.39, 0.29) is 187 Å². The first kappa shape index (κ1) is 93.9. The molecule has 33 heteroatoms. The molecule has 12 saturated carbocycles. The van der Waals surface area contributed by atoms with Gasteiger partial charge in [-0.15, -0.1) is 0 Å². The third-order valence-electron chi connectivity index (χ3n) is 31.9. The Kier molecular flexibility index (Phi) is 25.3. The molecule has 143 heavy (non-hydrogen) atoms. The number of hydrogen-bond acceptors (Lipinski definition) is 13. The molecule has 28 rings (SSSR count). The summed E-state index contributed by atoms with van der Waals surface area (Å²) in [6, 6.07) is 37.4. The van der Waals surface area contributed by atoms with E-state index in [0.29, 0.717) is 87.7 Å². The van der Waals surface area contributed by atoms with Gasteiger partial charge >= 0.3 is 0 Å². The number of benzene rings is 7. The second kappa shape index (κ2) is 38.6. The van der Waals surface area contributed by atoms with E-state index in [0.717, 1.165) is 99.9 Å². The molecule has 0 saturated heterocycles. The Morgan fingerprint density at radius 1 is 0.287 bits per heavy atom. The standard InChI is InChI=1S/3C28H24F3N5.C26H22F3N5O/c3*1-14-15-8-10-17(11-9-15)23(14)33-28-22(31)21(16-6-4-3-5-7-16)26(32-2)27(34-28)25-19-12-18(29)13-20(30)24(19)35-36-25;1-12-13-5-7-14(8-6-13)21(12)31-26-20(29)19(18-4-3-9-35-18)24(30-2)25(32-26)23-16-10-15(27)11-17(28)22(16)33-34-23/h3*3-7,12-15,17,23H,8-11H2,1H3,(H,33,34)(H,35,36);3-4,9-14,21H,5-8H2,1H3,(H,31,32)(H,33,34)/t2*14-,15?,17?,23+;;/m10../s1. The molecule has 8 atom stereocenters. The number of halogens is 12. The second-order valence-corrected chi connectivity index (χ2v) is 39.3. The lowest BCUT2D eigenvalue weighted by atomic mass is 9.62. The van der Waals surface area contributed by atoms with Crippen LogP contribution in [0.2, 0.25) is 0 Å². The molecule has 9 aromatic heterocycles. The summed E-state index contributed by atoms with van der Waals surface area (Å²) in [5.74, 6) is -3.21. The summed E-state index contributed by atoms with van der Waals surface area (Å²) in [6.07, 6.45) is 19.6. The zero-order valence-electron chi connectivity index (χ0n) is 77.9. The zero-order chi connectivity index (χ0) is 99.2. The lowest BCUT2D eigenvalue weighted by molar-refractivity contribution is 0.0926. The molecule has 21 nitrogen and oxygen atoms in total. The van der Waals surface area contributed by atoms with Gasteiger partial charge in [0, 0.05) is 86.7 Å². The molecule has 12 aliphatic rings.